The topological polar surface area (TPSA) is 114 Å². The Hall–Kier alpha value is -2.91. The summed E-state index contributed by atoms with van der Waals surface area (Å²) in [5.41, 5.74) is -1.26. The van der Waals surface area contributed by atoms with Crippen LogP contribution in [0.3, 0.4) is 0 Å². The fourth-order valence-electron chi connectivity index (χ4n) is 1.92. The van der Waals surface area contributed by atoms with Crippen LogP contribution in [0, 0.1) is 0 Å². The molecule has 0 spiro atoms. The zero-order valence-electron chi connectivity index (χ0n) is 10.4. The van der Waals surface area contributed by atoms with Crippen LogP contribution in [-0.2, 0) is 35.2 Å². The quantitative estimate of drug-likeness (QED) is 0.399. The Kier molecular flexibility index (Phi) is 2.30. The minimum absolute atomic E-state index is 0.0156. The molecular formula is C10H8N4O6. The number of carbonyl (C=O) groups excluding carboxylic acids is 2. The lowest BCUT2D eigenvalue weighted by molar-refractivity contribution is -0.165. The van der Waals surface area contributed by atoms with Gasteiger partial charge in [-0.05, 0) is 0 Å². The highest BCUT2D eigenvalue weighted by molar-refractivity contribution is 6.30. The number of hydrogen-bond donors (Lipinski definition) is 0. The van der Waals surface area contributed by atoms with Crippen molar-refractivity contribution in [2.45, 2.75) is 6.73 Å². The van der Waals surface area contributed by atoms with Gasteiger partial charge in [0.05, 0.1) is 0 Å². The summed E-state index contributed by atoms with van der Waals surface area (Å²) >= 11 is 0. The summed E-state index contributed by atoms with van der Waals surface area (Å²) in [6, 6.07) is -0.264. The Balaban J connectivity index is 2.48. The number of aryl methyl sites for hydroxylation is 1. The number of rotatable bonds is 0. The van der Waals surface area contributed by atoms with Crippen LogP contribution in [-0.4, -0.2) is 30.6 Å². The van der Waals surface area contributed by atoms with Crippen LogP contribution in [0.5, 0.6) is 6.01 Å². The molecule has 0 unspecified atom stereocenters. The number of hydrogen-bond acceptors (Lipinski definition) is 7. The van der Waals surface area contributed by atoms with Gasteiger partial charge in [-0.15, -0.1) is 0 Å². The maximum atomic E-state index is 12.1. The Bertz CT molecular complexity index is 886. The molecule has 0 amide bonds. The second-order valence-corrected chi connectivity index (χ2v) is 4.15. The molecule has 0 saturated carbocycles. The highest BCUT2D eigenvalue weighted by Crippen LogP contribution is 2.17. The van der Waals surface area contributed by atoms with Crippen molar-refractivity contribution in [3.05, 3.63) is 20.8 Å². The van der Waals surface area contributed by atoms with Gasteiger partial charge in [-0.1, -0.05) is 0 Å². The summed E-state index contributed by atoms with van der Waals surface area (Å²) in [6.07, 6.45) is 0. The Morgan fingerprint density at radius 2 is 1.75 bits per heavy atom. The van der Waals surface area contributed by atoms with E-state index in [9.17, 15) is 19.2 Å². The van der Waals surface area contributed by atoms with Gasteiger partial charge in [-0.3, -0.25) is 13.9 Å². The fourth-order valence-corrected chi connectivity index (χ4v) is 1.92. The normalized spacial score (nSPS) is 14.7. The van der Waals surface area contributed by atoms with Crippen molar-refractivity contribution in [2.75, 3.05) is 0 Å². The Labute approximate surface area is 109 Å². The zero-order valence-corrected chi connectivity index (χ0v) is 10.4. The summed E-state index contributed by atoms with van der Waals surface area (Å²) in [6.45, 7) is -0.534. The second-order valence-electron chi connectivity index (χ2n) is 4.15. The molecule has 0 N–H and O–H groups in total. The minimum atomic E-state index is -1.27. The molecule has 3 rings (SSSR count). The van der Waals surface area contributed by atoms with Crippen molar-refractivity contribution in [3.8, 4) is 6.01 Å². The van der Waals surface area contributed by atoms with E-state index in [1.165, 1.54) is 18.7 Å². The van der Waals surface area contributed by atoms with E-state index >= 15 is 0 Å². The molecule has 0 aromatic carbocycles. The van der Waals surface area contributed by atoms with Gasteiger partial charge in [0.1, 0.15) is 0 Å². The van der Waals surface area contributed by atoms with Crippen LogP contribution < -0.4 is 16.0 Å². The molecule has 104 valence electrons. The van der Waals surface area contributed by atoms with Gasteiger partial charge in [0.15, 0.2) is 17.9 Å². The molecule has 2 aromatic rings. The van der Waals surface area contributed by atoms with Crippen molar-refractivity contribution in [1.29, 1.82) is 0 Å². The monoisotopic (exact) mass is 280 g/mol. The summed E-state index contributed by atoms with van der Waals surface area (Å²) in [4.78, 5) is 50.6. The smallest absolute Gasteiger partial charge is 0.425 e. The average Bonchev–Trinajstić information content (AvgIpc) is 2.74. The molecule has 10 heteroatoms. The van der Waals surface area contributed by atoms with Crippen LogP contribution in [0.25, 0.3) is 11.2 Å². The van der Waals surface area contributed by atoms with E-state index in [1.54, 1.807) is 0 Å². The van der Waals surface area contributed by atoms with Crippen molar-refractivity contribution in [1.82, 2.24) is 18.7 Å². The third kappa shape index (κ3) is 1.41. The first kappa shape index (κ1) is 12.1. The molecule has 1 aliphatic heterocycles. The van der Waals surface area contributed by atoms with Crippen molar-refractivity contribution in [3.63, 3.8) is 0 Å². The number of carbonyl (C=O) groups is 2. The van der Waals surface area contributed by atoms with Gasteiger partial charge in [-0.2, -0.15) is 4.98 Å². The van der Waals surface area contributed by atoms with Crippen molar-refractivity contribution < 1.29 is 19.1 Å². The Morgan fingerprint density at radius 3 is 2.45 bits per heavy atom. The lowest BCUT2D eigenvalue weighted by Gasteiger charge is -2.10. The average molecular weight is 280 g/mol. The predicted molar refractivity (Wildman–Crippen MR) is 61.9 cm³/mol. The molecule has 2 aromatic heterocycles. The van der Waals surface area contributed by atoms with Crippen LogP contribution in [0.1, 0.15) is 0 Å². The highest BCUT2D eigenvalue weighted by Gasteiger charge is 2.27. The number of imidazole rings is 1. The van der Waals surface area contributed by atoms with Gasteiger partial charge in [0.25, 0.3) is 5.56 Å². The van der Waals surface area contributed by atoms with Gasteiger partial charge in [-0.25, -0.2) is 19.0 Å². The zero-order chi connectivity index (χ0) is 14.6. The van der Waals surface area contributed by atoms with Crippen molar-refractivity contribution >= 4 is 23.1 Å². The number of cyclic esters (lactones) is 1. The first-order valence-electron chi connectivity index (χ1n) is 5.47. The summed E-state index contributed by atoms with van der Waals surface area (Å²) in [5.74, 6) is -2.52. The van der Waals surface area contributed by atoms with Gasteiger partial charge in [0, 0.05) is 14.1 Å². The number of nitrogens with zero attached hydrogens (tertiary/aromatic N) is 4. The van der Waals surface area contributed by atoms with E-state index in [1.807, 2.05) is 0 Å². The van der Waals surface area contributed by atoms with E-state index in [2.05, 4.69) is 9.72 Å². The van der Waals surface area contributed by atoms with E-state index in [0.29, 0.717) is 0 Å². The number of esters is 2. The van der Waals surface area contributed by atoms with Crippen LogP contribution in [0.2, 0.25) is 0 Å². The molecule has 0 saturated heterocycles. The van der Waals surface area contributed by atoms with Crippen LogP contribution in [0.15, 0.2) is 9.59 Å². The minimum Gasteiger partial charge on any atom is -0.435 e. The molecule has 20 heavy (non-hydrogen) atoms. The van der Waals surface area contributed by atoms with Crippen LogP contribution >= 0.6 is 0 Å². The lowest BCUT2D eigenvalue weighted by atomic mass is 10.5. The molecular weight excluding hydrogens is 272 g/mol. The number of ether oxygens (including phenoxy) is 2. The van der Waals surface area contributed by atoms with E-state index in [-0.39, 0.29) is 17.2 Å². The first-order valence-corrected chi connectivity index (χ1v) is 5.47. The summed E-state index contributed by atoms with van der Waals surface area (Å²) in [7, 11) is 2.72. The summed E-state index contributed by atoms with van der Waals surface area (Å²) in [5, 5.41) is 0. The highest BCUT2D eigenvalue weighted by atomic mass is 16.6. The maximum absolute atomic E-state index is 12.1. The van der Waals surface area contributed by atoms with Crippen LogP contribution in [0.4, 0.5) is 0 Å². The molecule has 0 fully saturated rings. The molecule has 0 aliphatic carbocycles. The van der Waals surface area contributed by atoms with E-state index in [4.69, 9.17) is 4.74 Å². The lowest BCUT2D eigenvalue weighted by Crippen LogP contribution is -2.40. The first-order chi connectivity index (χ1) is 9.41. The van der Waals surface area contributed by atoms with E-state index < -0.39 is 29.9 Å². The molecule has 0 radical (unpaired) electrons. The molecule has 0 atom stereocenters. The summed E-state index contributed by atoms with van der Waals surface area (Å²) < 4.78 is 12.4. The molecule has 10 nitrogen and oxygen atoms in total. The third-order valence-electron chi connectivity index (χ3n) is 2.99. The van der Waals surface area contributed by atoms with Crippen molar-refractivity contribution in [2.24, 2.45) is 14.1 Å². The predicted octanol–water partition coefficient (Wildman–Crippen LogP) is -2.15. The number of aromatic nitrogens is 4. The van der Waals surface area contributed by atoms with E-state index in [0.717, 1.165) is 9.13 Å². The third-order valence-corrected chi connectivity index (χ3v) is 2.99. The Morgan fingerprint density at radius 1 is 1.05 bits per heavy atom. The van der Waals surface area contributed by atoms with Gasteiger partial charge < -0.3 is 9.47 Å². The fraction of sp³-hybridized carbons (Fsp3) is 0.300. The molecule has 2 bridgehead atoms. The molecule has 1 aliphatic rings. The standard InChI is InChI=1S/C10H8N4O6/c1-12-4-5-11-9(12)20-8(17)7(16)19-3-14(5)10(18)13(2)6(4)15/h3H2,1-2H3. The second kappa shape index (κ2) is 3.79. The molecule has 3 heterocycles. The largest absolute Gasteiger partial charge is 0.435 e. The van der Waals surface area contributed by atoms with Gasteiger partial charge >= 0.3 is 23.6 Å². The van der Waals surface area contributed by atoms with Gasteiger partial charge in [0.2, 0.25) is 0 Å². The maximum Gasteiger partial charge on any atom is 0.425 e. The SMILES string of the molecule is Cn1c(=O)c2c3nc(n2C)OC(=O)C(=O)OCn3c1=O. The number of fused-ring (bicyclic) bond motifs is 1.